The predicted octanol–water partition coefficient (Wildman–Crippen LogP) is 1.01. The van der Waals surface area contributed by atoms with Crippen LogP contribution in [-0.4, -0.2) is 35.5 Å². The van der Waals surface area contributed by atoms with Gasteiger partial charge in [0.1, 0.15) is 5.25 Å². The van der Waals surface area contributed by atoms with Crippen LogP contribution in [0.15, 0.2) is 12.3 Å². The number of Topliss-reactive ketones (excluding diaryl/α,β-unsaturated/α-hetero) is 1. The molecule has 1 heterocycles. The second-order valence-corrected chi connectivity index (χ2v) is 6.86. The number of sulfone groups is 1. The van der Waals surface area contributed by atoms with E-state index in [1.165, 1.54) is 6.92 Å². The zero-order valence-corrected chi connectivity index (χ0v) is 11.4. The van der Waals surface area contributed by atoms with E-state index in [2.05, 4.69) is 5.10 Å². The summed E-state index contributed by atoms with van der Waals surface area (Å²) < 4.78 is 24.2. The van der Waals surface area contributed by atoms with Gasteiger partial charge < -0.3 is 0 Å². The number of ketones is 1. The Morgan fingerprint density at radius 1 is 1.41 bits per heavy atom. The summed E-state index contributed by atoms with van der Waals surface area (Å²) in [7, 11) is -3.32. The van der Waals surface area contributed by atoms with Crippen molar-refractivity contribution < 1.29 is 13.2 Å². The summed E-state index contributed by atoms with van der Waals surface area (Å²) in [4.78, 5) is 11.7. The molecule has 96 valence electrons. The molecule has 1 rings (SSSR count). The molecule has 0 saturated heterocycles. The van der Waals surface area contributed by atoms with Crippen molar-refractivity contribution in [3.63, 3.8) is 0 Å². The largest absolute Gasteiger partial charge is 0.298 e. The van der Waals surface area contributed by atoms with Gasteiger partial charge in [-0.25, -0.2) is 8.42 Å². The zero-order chi connectivity index (χ0) is 13.2. The van der Waals surface area contributed by atoms with Crippen molar-refractivity contribution in [2.24, 2.45) is 0 Å². The second kappa shape index (κ2) is 5.00. The van der Waals surface area contributed by atoms with Gasteiger partial charge in [0, 0.05) is 18.5 Å². The topological polar surface area (TPSA) is 69.0 Å². The van der Waals surface area contributed by atoms with Crippen molar-refractivity contribution in [3.05, 3.63) is 18.0 Å². The molecule has 1 atom stereocenters. The first-order chi connectivity index (χ1) is 7.71. The van der Waals surface area contributed by atoms with Crippen molar-refractivity contribution in [2.45, 2.75) is 38.5 Å². The van der Waals surface area contributed by atoms with E-state index in [0.717, 1.165) is 6.26 Å². The smallest absolute Gasteiger partial charge is 0.157 e. The Kier molecular flexibility index (Phi) is 4.08. The molecule has 5 nitrogen and oxygen atoms in total. The average molecular weight is 258 g/mol. The van der Waals surface area contributed by atoms with E-state index in [0.29, 0.717) is 5.69 Å². The van der Waals surface area contributed by atoms with Crippen LogP contribution in [0, 0.1) is 0 Å². The molecule has 0 N–H and O–H groups in total. The van der Waals surface area contributed by atoms with Crippen LogP contribution in [0.2, 0.25) is 0 Å². The fraction of sp³-hybridized carbons (Fsp3) is 0.636. The van der Waals surface area contributed by atoms with Crippen molar-refractivity contribution in [2.75, 3.05) is 6.26 Å². The lowest BCUT2D eigenvalue weighted by Crippen LogP contribution is -2.27. The molecule has 0 bridgehead atoms. The molecule has 6 heteroatoms. The van der Waals surface area contributed by atoms with Gasteiger partial charge in [0.25, 0.3) is 0 Å². The highest BCUT2D eigenvalue weighted by molar-refractivity contribution is 7.92. The molecule has 17 heavy (non-hydrogen) atoms. The Morgan fingerprint density at radius 2 is 2.00 bits per heavy atom. The Morgan fingerprint density at radius 3 is 2.41 bits per heavy atom. The van der Waals surface area contributed by atoms with Crippen LogP contribution in [0.25, 0.3) is 0 Å². The van der Waals surface area contributed by atoms with Crippen LogP contribution < -0.4 is 0 Å². The van der Waals surface area contributed by atoms with E-state index in [1.54, 1.807) is 16.9 Å². The molecular formula is C11H18N2O3S. The average Bonchev–Trinajstić information content (AvgIpc) is 2.63. The van der Waals surface area contributed by atoms with Gasteiger partial charge in [-0.05, 0) is 26.8 Å². The van der Waals surface area contributed by atoms with Gasteiger partial charge in [0.15, 0.2) is 15.6 Å². The molecular weight excluding hydrogens is 240 g/mol. The van der Waals surface area contributed by atoms with E-state index in [-0.39, 0.29) is 18.2 Å². The molecule has 0 aliphatic heterocycles. The van der Waals surface area contributed by atoms with Crippen molar-refractivity contribution in [1.82, 2.24) is 9.78 Å². The molecule has 1 unspecified atom stereocenters. The molecule has 0 fully saturated rings. The van der Waals surface area contributed by atoms with E-state index >= 15 is 0 Å². The number of aromatic nitrogens is 2. The molecule has 0 aliphatic carbocycles. The first-order valence-corrected chi connectivity index (χ1v) is 7.43. The van der Waals surface area contributed by atoms with Gasteiger partial charge in [0.2, 0.25) is 0 Å². The monoisotopic (exact) mass is 258 g/mol. The molecule has 0 aliphatic rings. The highest BCUT2D eigenvalue weighted by atomic mass is 32.2. The van der Waals surface area contributed by atoms with Crippen LogP contribution in [-0.2, 0) is 21.1 Å². The maximum Gasteiger partial charge on any atom is 0.157 e. The number of carbonyl (C=O) groups excluding carboxylic acids is 1. The van der Waals surface area contributed by atoms with E-state index in [1.807, 2.05) is 13.8 Å². The van der Waals surface area contributed by atoms with Crippen molar-refractivity contribution in [1.29, 1.82) is 0 Å². The van der Waals surface area contributed by atoms with Crippen LogP contribution in [0.4, 0.5) is 0 Å². The van der Waals surface area contributed by atoms with Gasteiger partial charge >= 0.3 is 0 Å². The number of hydrogen-bond acceptors (Lipinski definition) is 4. The fourth-order valence-electron chi connectivity index (χ4n) is 1.32. The van der Waals surface area contributed by atoms with Gasteiger partial charge in [-0.1, -0.05) is 0 Å². The minimum atomic E-state index is -3.32. The van der Waals surface area contributed by atoms with Crippen LogP contribution in [0.3, 0.4) is 0 Å². The number of nitrogens with zero attached hydrogens (tertiary/aromatic N) is 2. The van der Waals surface area contributed by atoms with Crippen molar-refractivity contribution in [3.8, 4) is 0 Å². The first kappa shape index (κ1) is 13.9. The minimum Gasteiger partial charge on any atom is -0.298 e. The number of carbonyl (C=O) groups is 1. The predicted molar refractivity (Wildman–Crippen MR) is 65.6 cm³/mol. The molecule has 0 aromatic carbocycles. The lowest BCUT2D eigenvalue weighted by Gasteiger charge is -2.07. The summed E-state index contributed by atoms with van der Waals surface area (Å²) in [6, 6.07) is 1.97. The first-order valence-electron chi connectivity index (χ1n) is 5.47. The van der Waals surface area contributed by atoms with Crippen LogP contribution in [0.1, 0.15) is 32.5 Å². The molecule has 0 saturated carbocycles. The number of rotatable bonds is 5. The Labute approximate surface area is 102 Å². The van der Waals surface area contributed by atoms with Gasteiger partial charge in [-0.2, -0.15) is 5.10 Å². The highest BCUT2D eigenvalue weighted by Crippen LogP contribution is 2.08. The molecule has 0 amide bonds. The highest BCUT2D eigenvalue weighted by Gasteiger charge is 2.24. The summed E-state index contributed by atoms with van der Waals surface area (Å²) >= 11 is 0. The summed E-state index contributed by atoms with van der Waals surface area (Å²) in [6.07, 6.45) is 2.93. The summed E-state index contributed by atoms with van der Waals surface area (Å²) in [5.41, 5.74) is 0.610. The molecule has 1 aromatic rings. The molecule has 1 aromatic heterocycles. The van der Waals surface area contributed by atoms with Crippen LogP contribution in [0.5, 0.6) is 0 Å². The third kappa shape index (κ3) is 3.66. The third-order valence-corrected chi connectivity index (χ3v) is 4.19. The van der Waals surface area contributed by atoms with Gasteiger partial charge in [0.05, 0.1) is 12.1 Å². The maximum absolute atomic E-state index is 11.7. The number of hydrogen-bond donors (Lipinski definition) is 0. The fourth-order valence-corrected chi connectivity index (χ4v) is 1.88. The molecule has 0 spiro atoms. The zero-order valence-electron chi connectivity index (χ0n) is 10.5. The SMILES string of the molecule is CC(C)n1ccc(CC(=O)C(C)S(C)(=O)=O)n1. The summed E-state index contributed by atoms with van der Waals surface area (Å²) in [6.45, 7) is 5.38. The van der Waals surface area contributed by atoms with E-state index in [4.69, 9.17) is 0 Å². The lowest BCUT2D eigenvalue weighted by atomic mass is 10.2. The lowest BCUT2D eigenvalue weighted by molar-refractivity contribution is -0.117. The Hall–Kier alpha value is -1.17. The van der Waals surface area contributed by atoms with Crippen LogP contribution >= 0.6 is 0 Å². The van der Waals surface area contributed by atoms with E-state index < -0.39 is 15.1 Å². The minimum absolute atomic E-state index is 0.0634. The molecule has 0 radical (unpaired) electrons. The van der Waals surface area contributed by atoms with Gasteiger partial charge in [-0.3, -0.25) is 9.48 Å². The normalized spacial score (nSPS) is 13.9. The maximum atomic E-state index is 11.7. The summed E-state index contributed by atoms with van der Waals surface area (Å²) in [5, 5.41) is 3.25. The third-order valence-electron chi connectivity index (χ3n) is 2.64. The Balaban J connectivity index is 2.75. The second-order valence-electron chi connectivity index (χ2n) is 4.50. The standard InChI is InChI=1S/C11H18N2O3S/c1-8(2)13-6-5-10(12-13)7-11(14)9(3)17(4,15)16/h5-6,8-9H,7H2,1-4H3. The quantitative estimate of drug-likeness (QED) is 0.790. The van der Waals surface area contributed by atoms with E-state index in [9.17, 15) is 13.2 Å². The van der Waals surface area contributed by atoms with Gasteiger partial charge in [-0.15, -0.1) is 0 Å². The summed E-state index contributed by atoms with van der Waals surface area (Å²) in [5.74, 6) is -0.318. The van der Waals surface area contributed by atoms with Crippen molar-refractivity contribution >= 4 is 15.6 Å². The Bertz CT molecular complexity index is 503.